The average Bonchev–Trinajstić information content (AvgIpc) is 3.19. The molecule has 0 aliphatic heterocycles. The van der Waals surface area contributed by atoms with E-state index < -0.39 is 0 Å². The summed E-state index contributed by atoms with van der Waals surface area (Å²) in [6.07, 6.45) is 2.87. The molecule has 3 rings (SSSR count). The Hall–Kier alpha value is -2.39. The third kappa shape index (κ3) is 4.61. The molecule has 3 aromatic rings. The lowest BCUT2D eigenvalue weighted by atomic mass is 9.90. The van der Waals surface area contributed by atoms with Crippen LogP contribution in [0, 0.1) is 13.8 Å². The number of hydrogen-bond acceptors (Lipinski definition) is 3. The monoisotopic (exact) mass is 364 g/mol. The first kappa shape index (κ1) is 18.4. The van der Waals surface area contributed by atoms with Crippen LogP contribution in [0.2, 0.25) is 0 Å². The van der Waals surface area contributed by atoms with Crippen LogP contribution < -0.4 is 4.74 Å². The molecule has 0 N–H and O–H groups in total. The van der Waals surface area contributed by atoms with Gasteiger partial charge < -0.3 is 4.74 Å². The van der Waals surface area contributed by atoms with Gasteiger partial charge in [0.1, 0.15) is 12.0 Å². The second-order valence-corrected chi connectivity index (χ2v) is 7.57. The number of benzene rings is 2. The molecule has 26 heavy (non-hydrogen) atoms. The molecule has 0 saturated carbocycles. The van der Waals surface area contributed by atoms with Crippen LogP contribution in [0.5, 0.6) is 5.75 Å². The quantitative estimate of drug-likeness (QED) is 0.353. The Kier molecular flexibility index (Phi) is 6.24. The van der Waals surface area contributed by atoms with Crippen LogP contribution in [0.15, 0.2) is 60.0 Å². The molecule has 1 atom stereocenters. The number of carbonyl (C=O) groups excluding carboxylic acids is 1. The predicted octanol–water partition coefficient (Wildman–Crippen LogP) is 6.17. The van der Waals surface area contributed by atoms with E-state index in [0.717, 1.165) is 24.9 Å². The SMILES string of the molecule is Cc1ccc([C@H](CCCOc2ccc(C=O)cc2)c2cccs2)cc1C. The molecule has 0 bridgehead atoms. The highest BCUT2D eigenvalue weighted by Crippen LogP contribution is 2.33. The van der Waals surface area contributed by atoms with E-state index in [1.54, 1.807) is 12.1 Å². The summed E-state index contributed by atoms with van der Waals surface area (Å²) in [5, 5.41) is 2.15. The van der Waals surface area contributed by atoms with E-state index >= 15 is 0 Å². The Bertz CT molecular complexity index is 835. The van der Waals surface area contributed by atoms with Crippen molar-refractivity contribution in [1.29, 1.82) is 0 Å². The molecule has 0 radical (unpaired) electrons. The molecule has 2 nitrogen and oxygen atoms in total. The third-order valence-corrected chi connectivity index (χ3v) is 5.73. The van der Waals surface area contributed by atoms with Gasteiger partial charge in [0, 0.05) is 16.4 Å². The van der Waals surface area contributed by atoms with Crippen LogP contribution in [0.1, 0.15) is 50.7 Å². The zero-order chi connectivity index (χ0) is 18.4. The zero-order valence-electron chi connectivity index (χ0n) is 15.3. The molecular formula is C23H24O2S. The fourth-order valence-electron chi connectivity index (χ4n) is 3.06. The van der Waals surface area contributed by atoms with Crippen LogP contribution in [-0.2, 0) is 0 Å². The lowest BCUT2D eigenvalue weighted by Crippen LogP contribution is -2.04. The largest absolute Gasteiger partial charge is 0.494 e. The highest BCUT2D eigenvalue weighted by Gasteiger charge is 2.15. The Morgan fingerprint density at radius 3 is 2.50 bits per heavy atom. The lowest BCUT2D eigenvalue weighted by molar-refractivity contribution is 0.112. The molecule has 0 amide bonds. The van der Waals surface area contributed by atoms with Gasteiger partial charge in [-0.1, -0.05) is 24.3 Å². The summed E-state index contributed by atoms with van der Waals surface area (Å²) in [6.45, 7) is 5.01. The van der Waals surface area contributed by atoms with Gasteiger partial charge in [-0.05, 0) is 79.1 Å². The number of aryl methyl sites for hydroxylation is 2. The van der Waals surface area contributed by atoms with Gasteiger partial charge in [-0.15, -0.1) is 11.3 Å². The maximum atomic E-state index is 10.7. The molecule has 0 unspecified atom stereocenters. The van der Waals surface area contributed by atoms with Crippen molar-refractivity contribution < 1.29 is 9.53 Å². The first-order valence-electron chi connectivity index (χ1n) is 8.96. The van der Waals surface area contributed by atoms with E-state index in [2.05, 4.69) is 49.6 Å². The summed E-state index contributed by atoms with van der Waals surface area (Å²) in [6, 6.07) is 18.4. The number of aldehydes is 1. The Labute approximate surface area is 159 Å². The molecule has 134 valence electrons. The number of thiophene rings is 1. The summed E-state index contributed by atoms with van der Waals surface area (Å²) >= 11 is 1.82. The minimum atomic E-state index is 0.412. The summed E-state index contributed by atoms with van der Waals surface area (Å²) in [5.41, 5.74) is 4.73. The summed E-state index contributed by atoms with van der Waals surface area (Å²) in [7, 11) is 0. The topological polar surface area (TPSA) is 26.3 Å². The zero-order valence-corrected chi connectivity index (χ0v) is 16.1. The van der Waals surface area contributed by atoms with Crippen LogP contribution in [0.4, 0.5) is 0 Å². The minimum Gasteiger partial charge on any atom is -0.494 e. The fraction of sp³-hybridized carbons (Fsp3) is 0.261. The van der Waals surface area contributed by atoms with E-state index in [0.29, 0.717) is 18.1 Å². The minimum absolute atomic E-state index is 0.412. The molecule has 0 aliphatic rings. The maximum absolute atomic E-state index is 10.7. The summed E-state index contributed by atoms with van der Waals surface area (Å²) in [4.78, 5) is 12.1. The summed E-state index contributed by atoms with van der Waals surface area (Å²) < 4.78 is 5.84. The second-order valence-electron chi connectivity index (χ2n) is 6.59. The van der Waals surface area contributed by atoms with Crippen LogP contribution in [0.25, 0.3) is 0 Å². The highest BCUT2D eigenvalue weighted by molar-refractivity contribution is 7.10. The van der Waals surface area contributed by atoms with Crippen molar-refractivity contribution in [1.82, 2.24) is 0 Å². The van der Waals surface area contributed by atoms with E-state index in [4.69, 9.17) is 4.74 Å². The van der Waals surface area contributed by atoms with Gasteiger partial charge in [0.15, 0.2) is 0 Å². The van der Waals surface area contributed by atoms with E-state index in [-0.39, 0.29) is 0 Å². The van der Waals surface area contributed by atoms with Crippen molar-refractivity contribution in [3.8, 4) is 5.75 Å². The normalized spacial score (nSPS) is 11.9. The van der Waals surface area contributed by atoms with Gasteiger partial charge in [0.25, 0.3) is 0 Å². The van der Waals surface area contributed by atoms with Gasteiger partial charge in [-0.25, -0.2) is 0 Å². The van der Waals surface area contributed by atoms with Gasteiger partial charge >= 0.3 is 0 Å². The highest BCUT2D eigenvalue weighted by atomic mass is 32.1. The van der Waals surface area contributed by atoms with Gasteiger partial charge in [0.05, 0.1) is 6.61 Å². The average molecular weight is 365 g/mol. The van der Waals surface area contributed by atoms with E-state index in [9.17, 15) is 4.79 Å². The number of ether oxygens (including phenoxy) is 1. The molecule has 0 aliphatic carbocycles. The predicted molar refractivity (Wildman–Crippen MR) is 109 cm³/mol. The molecule has 3 heteroatoms. The van der Waals surface area contributed by atoms with Crippen molar-refractivity contribution in [2.45, 2.75) is 32.6 Å². The molecule has 2 aromatic carbocycles. The number of hydrogen-bond donors (Lipinski definition) is 0. The standard InChI is InChI=1S/C23H24O2S/c1-17-7-10-20(15-18(17)2)22(23-6-4-14-26-23)5-3-13-25-21-11-8-19(16-24)9-12-21/h4,6-12,14-16,22H,3,5,13H2,1-2H3/t22-/m0/s1. The van der Waals surface area contributed by atoms with Crippen molar-refractivity contribution in [2.75, 3.05) is 6.61 Å². The van der Waals surface area contributed by atoms with Crippen molar-refractivity contribution in [3.05, 3.63) is 87.1 Å². The van der Waals surface area contributed by atoms with Gasteiger partial charge in [0.2, 0.25) is 0 Å². The number of carbonyl (C=O) groups is 1. The smallest absolute Gasteiger partial charge is 0.150 e. The molecule has 0 saturated heterocycles. The first-order valence-corrected chi connectivity index (χ1v) is 9.84. The van der Waals surface area contributed by atoms with Crippen LogP contribution in [0.3, 0.4) is 0 Å². The number of rotatable bonds is 8. The first-order chi connectivity index (χ1) is 12.7. The molecule has 0 fully saturated rings. The van der Waals surface area contributed by atoms with Crippen molar-refractivity contribution in [3.63, 3.8) is 0 Å². The second kappa shape index (κ2) is 8.81. The van der Waals surface area contributed by atoms with E-state index in [1.165, 1.54) is 21.6 Å². The van der Waals surface area contributed by atoms with Gasteiger partial charge in [-0.3, -0.25) is 4.79 Å². The van der Waals surface area contributed by atoms with E-state index in [1.807, 2.05) is 23.5 Å². The molecule has 1 aromatic heterocycles. The van der Waals surface area contributed by atoms with Crippen molar-refractivity contribution >= 4 is 17.6 Å². The molecule has 0 spiro atoms. The van der Waals surface area contributed by atoms with Crippen LogP contribution in [-0.4, -0.2) is 12.9 Å². The molecular weight excluding hydrogens is 340 g/mol. The Morgan fingerprint density at radius 2 is 1.85 bits per heavy atom. The lowest BCUT2D eigenvalue weighted by Gasteiger charge is -2.18. The third-order valence-electron chi connectivity index (χ3n) is 4.74. The Morgan fingerprint density at radius 1 is 1.04 bits per heavy atom. The fourth-order valence-corrected chi connectivity index (χ4v) is 3.95. The van der Waals surface area contributed by atoms with Gasteiger partial charge in [-0.2, -0.15) is 0 Å². The van der Waals surface area contributed by atoms with Crippen LogP contribution >= 0.6 is 11.3 Å². The summed E-state index contributed by atoms with van der Waals surface area (Å²) in [5.74, 6) is 1.23. The Balaban J connectivity index is 1.63. The maximum Gasteiger partial charge on any atom is 0.150 e. The molecule has 1 heterocycles. The van der Waals surface area contributed by atoms with Crippen molar-refractivity contribution in [2.24, 2.45) is 0 Å².